The molecule has 2 aliphatic rings. The van der Waals surface area contributed by atoms with Gasteiger partial charge in [-0.05, 0) is 68.0 Å². The van der Waals surface area contributed by atoms with Gasteiger partial charge in [0.15, 0.2) is 0 Å². The number of rotatable bonds is 8. The zero-order valence-electron chi connectivity index (χ0n) is 23.4. The first-order valence-corrected chi connectivity index (χ1v) is 13.6. The van der Waals surface area contributed by atoms with Crippen molar-refractivity contribution in [2.45, 2.75) is 32.2 Å². The second-order valence-corrected chi connectivity index (χ2v) is 10.0. The fourth-order valence-corrected chi connectivity index (χ4v) is 4.85. The highest BCUT2D eigenvalue weighted by molar-refractivity contribution is 7.98. The van der Waals surface area contributed by atoms with Crippen LogP contribution in [0, 0.1) is 11.3 Å². The molecule has 1 fully saturated rings. The Morgan fingerprint density at radius 2 is 2.16 bits per heavy atom. The van der Waals surface area contributed by atoms with Gasteiger partial charge in [-0.25, -0.2) is 9.78 Å². The number of pyridine rings is 2. The highest BCUT2D eigenvalue weighted by Crippen LogP contribution is 2.32. The fraction of sp³-hybridized carbons (Fsp3) is 0.500. The first-order chi connectivity index (χ1) is 18.7. The lowest BCUT2D eigenvalue weighted by Gasteiger charge is -2.33. The van der Waals surface area contributed by atoms with Crippen molar-refractivity contribution in [1.82, 2.24) is 19.8 Å². The number of aryl methyl sites for hydroxylation is 2. The molecular formula is C26H33N7O3S. The first kappa shape index (κ1) is 24.0. The molecule has 10 nitrogen and oxygen atoms in total. The van der Waals surface area contributed by atoms with Gasteiger partial charge in [-0.2, -0.15) is 22.0 Å². The van der Waals surface area contributed by atoms with Gasteiger partial charge in [0.05, 0.1) is 25.8 Å². The predicted molar refractivity (Wildman–Crippen MR) is 144 cm³/mol. The van der Waals surface area contributed by atoms with Crippen molar-refractivity contribution in [3.8, 4) is 11.9 Å². The van der Waals surface area contributed by atoms with E-state index in [0.717, 1.165) is 24.3 Å². The van der Waals surface area contributed by atoms with Crippen LogP contribution >= 0.6 is 11.8 Å². The number of nitriles is 1. The van der Waals surface area contributed by atoms with Crippen molar-refractivity contribution < 1.29 is 17.1 Å². The number of ether oxygens (including phenoxy) is 1. The Kier molecular flexibility index (Phi) is 7.95. The minimum atomic E-state index is -1.72. The summed E-state index contributed by atoms with van der Waals surface area (Å²) in [4.78, 5) is 39.8. The average Bonchev–Trinajstić information content (AvgIpc) is 2.90. The van der Waals surface area contributed by atoms with Crippen molar-refractivity contribution in [1.29, 1.82) is 5.26 Å². The Bertz CT molecular complexity index is 1290. The molecule has 0 spiro atoms. The Hall–Kier alpha value is -3.36. The molecule has 4 heterocycles. The van der Waals surface area contributed by atoms with Gasteiger partial charge in [0.2, 0.25) is 11.8 Å². The Morgan fingerprint density at radius 3 is 2.89 bits per heavy atom. The summed E-state index contributed by atoms with van der Waals surface area (Å²) in [6, 6.07) is 5.03. The summed E-state index contributed by atoms with van der Waals surface area (Å²) < 4.78 is 22.8. The molecule has 0 atom stereocenters. The lowest BCUT2D eigenvalue weighted by molar-refractivity contribution is -0.136. The molecule has 0 bridgehead atoms. The number of amides is 3. The maximum absolute atomic E-state index is 13.4. The summed E-state index contributed by atoms with van der Waals surface area (Å²) in [6.07, 6.45) is 3.44. The smallest absolute Gasteiger partial charge is 0.328 e. The van der Waals surface area contributed by atoms with Gasteiger partial charge in [0.1, 0.15) is 17.7 Å². The van der Waals surface area contributed by atoms with Gasteiger partial charge in [-0.1, -0.05) is 0 Å². The van der Waals surface area contributed by atoms with Crippen molar-refractivity contribution in [3.63, 3.8) is 0 Å². The SMILES string of the molecule is [2H]C1([2H])CCN(C(=O)Nc2cc(CCCSC)c(C#N)cn2)c2nc(OC)c(CN3CCN(C)CC3=O)cc21. The minimum absolute atomic E-state index is 0.0183. The molecular weight excluding hydrogens is 490 g/mol. The van der Waals surface area contributed by atoms with Crippen LogP contribution in [0.5, 0.6) is 5.88 Å². The number of carbonyl (C=O) groups is 2. The molecule has 0 aromatic carbocycles. The van der Waals surface area contributed by atoms with E-state index >= 15 is 0 Å². The van der Waals surface area contributed by atoms with E-state index in [0.29, 0.717) is 36.5 Å². The third-order valence-electron chi connectivity index (χ3n) is 6.40. The van der Waals surface area contributed by atoms with Gasteiger partial charge in [0, 0.05) is 34.1 Å². The molecule has 1 N–H and O–H groups in total. The second-order valence-electron chi connectivity index (χ2n) is 9.02. The lowest BCUT2D eigenvalue weighted by atomic mass is 10.0. The van der Waals surface area contributed by atoms with Crippen LogP contribution in [-0.4, -0.2) is 84.1 Å². The van der Waals surface area contributed by atoms with E-state index in [4.69, 9.17) is 7.48 Å². The van der Waals surface area contributed by atoms with Gasteiger partial charge in [0.25, 0.3) is 0 Å². The number of likely N-dealkylation sites (N-methyl/N-ethyl adjacent to an activating group) is 1. The maximum atomic E-state index is 13.4. The Labute approximate surface area is 224 Å². The van der Waals surface area contributed by atoms with Gasteiger partial charge in [-0.3, -0.25) is 19.9 Å². The quantitative estimate of drug-likeness (QED) is 0.523. The molecule has 11 heteroatoms. The topological polar surface area (TPSA) is 115 Å². The molecule has 2 aliphatic heterocycles. The molecule has 2 aromatic rings. The number of fused-ring (bicyclic) bond motifs is 1. The van der Waals surface area contributed by atoms with Crippen LogP contribution < -0.4 is 15.0 Å². The Balaban J connectivity index is 1.60. The van der Waals surface area contributed by atoms with Crippen LogP contribution in [0.25, 0.3) is 0 Å². The number of nitrogens with one attached hydrogen (secondary N) is 1. The molecule has 0 radical (unpaired) electrons. The van der Waals surface area contributed by atoms with Crippen LogP contribution in [0.15, 0.2) is 18.3 Å². The van der Waals surface area contributed by atoms with Crippen molar-refractivity contribution in [2.75, 3.05) is 62.6 Å². The molecule has 196 valence electrons. The summed E-state index contributed by atoms with van der Waals surface area (Å²) in [5, 5.41) is 12.2. The van der Waals surface area contributed by atoms with E-state index in [1.807, 2.05) is 18.2 Å². The second kappa shape index (κ2) is 12.3. The summed E-state index contributed by atoms with van der Waals surface area (Å²) >= 11 is 1.73. The molecule has 0 unspecified atom stereocenters. The molecule has 1 saturated heterocycles. The number of hydrogen-bond acceptors (Lipinski definition) is 8. The summed E-state index contributed by atoms with van der Waals surface area (Å²) in [5.74, 6) is 1.66. The molecule has 0 saturated carbocycles. The highest BCUT2D eigenvalue weighted by atomic mass is 32.2. The third kappa shape index (κ3) is 6.32. The number of thioether (sulfide) groups is 1. The number of hydrogen-bond donors (Lipinski definition) is 1. The maximum Gasteiger partial charge on any atom is 0.328 e. The number of piperazine rings is 1. The lowest BCUT2D eigenvalue weighted by Crippen LogP contribution is -2.48. The number of urea groups is 1. The van der Waals surface area contributed by atoms with Gasteiger partial charge < -0.3 is 9.64 Å². The zero-order chi connectivity index (χ0) is 28.2. The van der Waals surface area contributed by atoms with E-state index in [1.165, 1.54) is 18.2 Å². The summed E-state index contributed by atoms with van der Waals surface area (Å²) in [5.41, 5.74) is 2.15. The van der Waals surface area contributed by atoms with E-state index in [-0.39, 0.29) is 42.7 Å². The molecule has 4 rings (SSSR count). The first-order valence-electron chi connectivity index (χ1n) is 13.2. The van der Waals surface area contributed by atoms with Crippen LogP contribution in [0.3, 0.4) is 0 Å². The van der Waals surface area contributed by atoms with Crippen LogP contribution in [0.2, 0.25) is 0 Å². The molecule has 0 aliphatic carbocycles. The number of aromatic nitrogens is 2. The number of carbonyl (C=O) groups excluding carboxylic acids is 2. The third-order valence-corrected chi connectivity index (χ3v) is 7.09. The largest absolute Gasteiger partial charge is 0.481 e. The fourth-order valence-electron chi connectivity index (χ4n) is 4.42. The van der Waals surface area contributed by atoms with E-state index in [9.17, 15) is 14.9 Å². The van der Waals surface area contributed by atoms with Gasteiger partial charge >= 0.3 is 6.03 Å². The molecule has 37 heavy (non-hydrogen) atoms. The van der Waals surface area contributed by atoms with E-state index in [1.54, 1.807) is 28.8 Å². The standard InChI is InChI=1S/C26H33N7O3S/c1-31-9-10-32(23(34)17-31)16-20-12-19-6-4-8-33(24(19)30-25(20)36-2)26(35)29-22-13-18(7-5-11-37-3)21(14-27)15-28-22/h12-13,15H,4-11,16-17H2,1-3H3,(H,28,29,35)/i6D2. The normalized spacial score (nSPS) is 17.9. The van der Waals surface area contributed by atoms with E-state index < -0.39 is 12.4 Å². The minimum Gasteiger partial charge on any atom is -0.481 e. The zero-order valence-corrected chi connectivity index (χ0v) is 22.2. The summed E-state index contributed by atoms with van der Waals surface area (Å²) in [7, 11) is 3.36. The number of nitrogens with zero attached hydrogens (tertiary/aromatic N) is 6. The average molecular weight is 526 g/mol. The highest BCUT2D eigenvalue weighted by Gasteiger charge is 2.28. The van der Waals surface area contributed by atoms with Crippen LogP contribution in [0.4, 0.5) is 16.4 Å². The van der Waals surface area contributed by atoms with Crippen LogP contribution in [0.1, 0.15) is 37.8 Å². The van der Waals surface area contributed by atoms with Crippen molar-refractivity contribution in [2.24, 2.45) is 0 Å². The van der Waals surface area contributed by atoms with Crippen molar-refractivity contribution in [3.05, 3.63) is 40.6 Å². The Morgan fingerprint density at radius 1 is 1.32 bits per heavy atom. The van der Waals surface area contributed by atoms with E-state index in [2.05, 4.69) is 21.4 Å². The predicted octanol–water partition coefficient (Wildman–Crippen LogP) is 2.91. The number of methoxy groups -OCH3 is 1. The van der Waals surface area contributed by atoms with Gasteiger partial charge in [-0.15, -0.1) is 0 Å². The van der Waals surface area contributed by atoms with Crippen LogP contribution in [-0.2, 0) is 24.1 Å². The molecule has 3 amide bonds. The molecule has 2 aromatic heterocycles. The summed E-state index contributed by atoms with van der Waals surface area (Å²) in [6.45, 7) is 1.96. The van der Waals surface area contributed by atoms with Crippen molar-refractivity contribution >= 4 is 35.3 Å². The monoisotopic (exact) mass is 525 g/mol. The number of anilines is 2.